The monoisotopic (exact) mass is 387 g/mol. The summed E-state index contributed by atoms with van der Waals surface area (Å²) in [6.45, 7) is 1.76. The van der Waals surface area contributed by atoms with Crippen LogP contribution in [0, 0.1) is 18.3 Å². The molecule has 0 spiro atoms. The second-order valence-electron chi connectivity index (χ2n) is 6.06. The first-order valence-electron chi connectivity index (χ1n) is 8.61. The van der Waals surface area contributed by atoms with E-state index in [0.717, 1.165) is 0 Å². The number of nitrogens with one attached hydrogen (secondary N) is 2. The molecular formula is C21H17N5O3. The lowest BCUT2D eigenvalue weighted by Gasteiger charge is -2.09. The van der Waals surface area contributed by atoms with E-state index in [9.17, 15) is 9.59 Å². The maximum atomic E-state index is 12.5. The molecule has 0 saturated heterocycles. The Labute approximate surface area is 167 Å². The quantitative estimate of drug-likeness (QED) is 0.644. The van der Waals surface area contributed by atoms with Gasteiger partial charge in [-0.15, -0.1) is 0 Å². The van der Waals surface area contributed by atoms with E-state index in [2.05, 4.69) is 25.3 Å². The second kappa shape index (κ2) is 8.63. The number of rotatable bonds is 5. The zero-order chi connectivity index (χ0) is 20.8. The molecule has 0 saturated carbocycles. The Hall–Kier alpha value is -4.25. The summed E-state index contributed by atoms with van der Waals surface area (Å²) in [5.41, 5.74) is 2.94. The molecule has 1 aromatic heterocycles. The maximum Gasteiger partial charge on any atom is 0.337 e. The number of aromatic nitrogens is 2. The summed E-state index contributed by atoms with van der Waals surface area (Å²) < 4.78 is 4.67. The molecule has 144 valence electrons. The Morgan fingerprint density at radius 3 is 2.28 bits per heavy atom. The summed E-state index contributed by atoms with van der Waals surface area (Å²) in [7, 11) is 1.32. The van der Waals surface area contributed by atoms with Crippen LogP contribution >= 0.6 is 0 Å². The van der Waals surface area contributed by atoms with Crippen LogP contribution in [0.4, 0.5) is 17.3 Å². The minimum Gasteiger partial charge on any atom is -0.465 e. The maximum absolute atomic E-state index is 12.5. The van der Waals surface area contributed by atoms with Crippen LogP contribution in [-0.4, -0.2) is 29.0 Å². The third kappa shape index (κ3) is 4.93. The molecule has 0 fully saturated rings. The Kier molecular flexibility index (Phi) is 5.80. The topological polar surface area (TPSA) is 117 Å². The standard InChI is InChI=1S/C21H17N5O3/c1-13-11-18(19(27)24-16-7-3-14(12-22)4-8-16)26-21(23-13)25-17-9-5-15(6-10-17)20(28)29-2/h3-11H,1-2H3,(H,24,27)(H,23,25,26). The van der Waals surface area contributed by atoms with Gasteiger partial charge in [0.25, 0.3) is 5.91 Å². The van der Waals surface area contributed by atoms with E-state index in [1.807, 2.05) is 6.07 Å². The Balaban J connectivity index is 1.75. The van der Waals surface area contributed by atoms with Gasteiger partial charge in [0.2, 0.25) is 5.95 Å². The van der Waals surface area contributed by atoms with Crippen LogP contribution in [0.25, 0.3) is 0 Å². The van der Waals surface area contributed by atoms with Gasteiger partial charge in [-0.05, 0) is 61.5 Å². The lowest BCUT2D eigenvalue weighted by atomic mass is 10.2. The average molecular weight is 387 g/mol. The average Bonchev–Trinajstić information content (AvgIpc) is 2.74. The van der Waals surface area contributed by atoms with E-state index in [0.29, 0.717) is 28.2 Å². The lowest BCUT2D eigenvalue weighted by Crippen LogP contribution is -2.15. The van der Waals surface area contributed by atoms with Crippen molar-refractivity contribution in [3.05, 3.63) is 77.1 Å². The highest BCUT2D eigenvalue weighted by Crippen LogP contribution is 2.16. The molecule has 0 unspecified atom stereocenters. The van der Waals surface area contributed by atoms with Crippen LogP contribution in [0.2, 0.25) is 0 Å². The van der Waals surface area contributed by atoms with Gasteiger partial charge in [-0.3, -0.25) is 4.79 Å². The number of methoxy groups -OCH3 is 1. The number of aryl methyl sites for hydroxylation is 1. The molecule has 29 heavy (non-hydrogen) atoms. The number of benzene rings is 2. The minimum absolute atomic E-state index is 0.190. The number of anilines is 3. The van der Waals surface area contributed by atoms with Gasteiger partial charge in [0.05, 0.1) is 24.3 Å². The SMILES string of the molecule is COC(=O)c1ccc(Nc2nc(C)cc(C(=O)Nc3ccc(C#N)cc3)n2)cc1. The molecule has 0 radical (unpaired) electrons. The summed E-state index contributed by atoms with van der Waals surface area (Å²) in [5, 5.41) is 14.6. The van der Waals surface area contributed by atoms with Crippen molar-refractivity contribution in [2.75, 3.05) is 17.7 Å². The Morgan fingerprint density at radius 1 is 1.00 bits per heavy atom. The summed E-state index contributed by atoms with van der Waals surface area (Å²) in [5.74, 6) is -0.574. The number of ether oxygens (including phenoxy) is 1. The second-order valence-corrected chi connectivity index (χ2v) is 6.06. The van der Waals surface area contributed by atoms with Gasteiger partial charge in [-0.1, -0.05) is 0 Å². The van der Waals surface area contributed by atoms with E-state index in [-0.39, 0.29) is 11.6 Å². The fraction of sp³-hybridized carbons (Fsp3) is 0.0952. The number of carbonyl (C=O) groups is 2. The van der Waals surface area contributed by atoms with Crippen molar-refractivity contribution in [2.24, 2.45) is 0 Å². The van der Waals surface area contributed by atoms with Crippen LogP contribution in [0.1, 0.15) is 32.1 Å². The highest BCUT2D eigenvalue weighted by Gasteiger charge is 2.12. The fourth-order valence-corrected chi connectivity index (χ4v) is 2.50. The van der Waals surface area contributed by atoms with Crippen LogP contribution in [0.15, 0.2) is 54.6 Å². The first-order chi connectivity index (χ1) is 14.0. The number of nitriles is 1. The van der Waals surface area contributed by atoms with Gasteiger partial charge < -0.3 is 15.4 Å². The van der Waals surface area contributed by atoms with Crippen LogP contribution in [0.3, 0.4) is 0 Å². The molecule has 0 atom stereocenters. The molecule has 8 heteroatoms. The lowest BCUT2D eigenvalue weighted by molar-refractivity contribution is 0.0600. The Bertz CT molecular complexity index is 1090. The molecule has 8 nitrogen and oxygen atoms in total. The number of hydrogen-bond donors (Lipinski definition) is 2. The van der Waals surface area contributed by atoms with Crippen molar-refractivity contribution in [3.8, 4) is 6.07 Å². The van der Waals surface area contributed by atoms with Gasteiger partial charge in [0.1, 0.15) is 5.69 Å². The molecule has 2 N–H and O–H groups in total. The van der Waals surface area contributed by atoms with Crippen molar-refractivity contribution in [2.45, 2.75) is 6.92 Å². The summed E-state index contributed by atoms with van der Waals surface area (Å²) in [4.78, 5) is 32.6. The molecule has 1 amide bonds. The summed E-state index contributed by atoms with van der Waals surface area (Å²) in [6.07, 6.45) is 0. The van der Waals surface area contributed by atoms with Crippen LogP contribution in [-0.2, 0) is 4.74 Å². The number of esters is 1. The third-order valence-corrected chi connectivity index (χ3v) is 3.92. The molecule has 1 heterocycles. The smallest absolute Gasteiger partial charge is 0.337 e. The Morgan fingerprint density at radius 2 is 1.66 bits per heavy atom. The number of carbonyl (C=O) groups excluding carboxylic acids is 2. The van der Waals surface area contributed by atoms with Crippen molar-refractivity contribution < 1.29 is 14.3 Å². The van der Waals surface area contributed by atoms with Crippen LogP contribution in [0.5, 0.6) is 0 Å². The van der Waals surface area contributed by atoms with Gasteiger partial charge in [-0.25, -0.2) is 14.8 Å². The van der Waals surface area contributed by atoms with Gasteiger partial charge >= 0.3 is 5.97 Å². The molecule has 3 rings (SSSR count). The highest BCUT2D eigenvalue weighted by molar-refractivity contribution is 6.03. The first kappa shape index (κ1) is 19.5. The predicted molar refractivity (Wildman–Crippen MR) is 107 cm³/mol. The molecule has 0 aliphatic rings. The van der Waals surface area contributed by atoms with Gasteiger partial charge in [0, 0.05) is 17.1 Å². The molecule has 0 aliphatic heterocycles. The zero-order valence-electron chi connectivity index (χ0n) is 15.8. The number of nitrogens with zero attached hydrogens (tertiary/aromatic N) is 3. The highest BCUT2D eigenvalue weighted by atomic mass is 16.5. The van der Waals surface area contributed by atoms with Gasteiger partial charge in [0.15, 0.2) is 0 Å². The van der Waals surface area contributed by atoms with E-state index in [1.54, 1.807) is 61.5 Å². The molecule has 0 aliphatic carbocycles. The van der Waals surface area contributed by atoms with Crippen molar-refractivity contribution in [1.29, 1.82) is 5.26 Å². The van der Waals surface area contributed by atoms with Crippen molar-refractivity contribution >= 4 is 29.2 Å². The molecular weight excluding hydrogens is 370 g/mol. The normalized spacial score (nSPS) is 9.97. The molecule has 3 aromatic rings. The zero-order valence-corrected chi connectivity index (χ0v) is 15.8. The van der Waals surface area contributed by atoms with Gasteiger partial charge in [-0.2, -0.15) is 5.26 Å². The van der Waals surface area contributed by atoms with Crippen molar-refractivity contribution in [3.63, 3.8) is 0 Å². The number of hydrogen-bond acceptors (Lipinski definition) is 7. The largest absolute Gasteiger partial charge is 0.465 e. The van der Waals surface area contributed by atoms with E-state index < -0.39 is 11.9 Å². The third-order valence-electron chi connectivity index (χ3n) is 3.92. The fourth-order valence-electron chi connectivity index (χ4n) is 2.50. The van der Waals surface area contributed by atoms with Crippen LogP contribution < -0.4 is 10.6 Å². The molecule has 0 bridgehead atoms. The first-order valence-corrected chi connectivity index (χ1v) is 8.61. The van der Waals surface area contributed by atoms with E-state index >= 15 is 0 Å². The predicted octanol–water partition coefficient (Wildman–Crippen LogP) is 3.44. The van der Waals surface area contributed by atoms with E-state index in [1.165, 1.54) is 7.11 Å². The number of amides is 1. The van der Waals surface area contributed by atoms with E-state index in [4.69, 9.17) is 5.26 Å². The molecule has 2 aromatic carbocycles. The minimum atomic E-state index is -0.426. The summed E-state index contributed by atoms with van der Waals surface area (Å²) in [6, 6.07) is 16.7. The van der Waals surface area contributed by atoms with Crippen molar-refractivity contribution in [1.82, 2.24) is 9.97 Å². The summed E-state index contributed by atoms with van der Waals surface area (Å²) >= 11 is 0.